The van der Waals surface area contributed by atoms with Gasteiger partial charge >= 0.3 is 0 Å². The van der Waals surface area contributed by atoms with Crippen LogP contribution in [0, 0.1) is 0 Å². The monoisotopic (exact) mass is 842 g/mol. The fourth-order valence-electron chi connectivity index (χ4n) is 8.58. The van der Waals surface area contributed by atoms with Crippen molar-refractivity contribution >= 4 is 5.91 Å². The largest absolute Gasteiger partial charge is 0.394 e. The van der Waals surface area contributed by atoms with E-state index < -0.39 is 49.5 Å². The van der Waals surface area contributed by atoms with Gasteiger partial charge in [0.2, 0.25) is 5.91 Å². The van der Waals surface area contributed by atoms with Crippen molar-refractivity contribution in [3.05, 3.63) is 0 Å². The lowest BCUT2D eigenvalue weighted by Crippen LogP contribution is -2.60. The van der Waals surface area contributed by atoms with E-state index in [1.807, 2.05) is 0 Å². The topological polar surface area (TPSA) is 149 Å². The van der Waals surface area contributed by atoms with Crippen LogP contribution in [0.2, 0.25) is 0 Å². The van der Waals surface area contributed by atoms with Crippen molar-refractivity contribution in [3.63, 3.8) is 0 Å². The molecule has 1 amide bonds. The Morgan fingerprint density at radius 1 is 0.508 bits per heavy atom. The molecule has 0 aromatic heterocycles. The van der Waals surface area contributed by atoms with E-state index in [1.165, 1.54) is 193 Å². The smallest absolute Gasteiger partial charge is 0.220 e. The van der Waals surface area contributed by atoms with Crippen molar-refractivity contribution in [2.24, 2.45) is 0 Å². The summed E-state index contributed by atoms with van der Waals surface area (Å²) in [4.78, 5) is 13.0. The Hall–Kier alpha value is -0.810. The van der Waals surface area contributed by atoms with Gasteiger partial charge in [-0.1, -0.05) is 239 Å². The van der Waals surface area contributed by atoms with Crippen LogP contribution in [0.5, 0.6) is 0 Å². The van der Waals surface area contributed by atoms with Crippen LogP contribution in [-0.4, -0.2) is 87.5 Å². The summed E-state index contributed by atoms with van der Waals surface area (Å²) in [6.07, 6.45) is 40.0. The highest BCUT2D eigenvalue weighted by Crippen LogP contribution is 2.23. The summed E-state index contributed by atoms with van der Waals surface area (Å²) < 4.78 is 11.3. The first kappa shape index (κ1) is 56.2. The molecule has 0 radical (unpaired) electrons. The van der Waals surface area contributed by atoms with Gasteiger partial charge in [-0.25, -0.2) is 0 Å². The summed E-state index contributed by atoms with van der Waals surface area (Å²) in [6, 6.07) is -0.711. The van der Waals surface area contributed by atoms with Crippen LogP contribution in [0.3, 0.4) is 0 Å². The third-order valence-electron chi connectivity index (χ3n) is 12.7. The number of aliphatic hydroxyl groups excluding tert-OH is 5. The molecular weight excluding hydrogens is 743 g/mol. The zero-order valence-electron chi connectivity index (χ0n) is 38.8. The van der Waals surface area contributed by atoms with Gasteiger partial charge in [-0.05, 0) is 12.8 Å². The van der Waals surface area contributed by atoms with E-state index in [9.17, 15) is 30.3 Å². The number of rotatable bonds is 44. The molecule has 1 aliphatic rings. The maximum absolute atomic E-state index is 13.0. The molecule has 0 bridgehead atoms. The molecular formula is C50H99NO8. The fraction of sp³-hybridized carbons (Fsp3) is 0.980. The zero-order chi connectivity index (χ0) is 43.0. The lowest BCUT2D eigenvalue weighted by Gasteiger charge is -2.40. The number of carbonyl (C=O) groups excluding carboxylic acids is 1. The molecule has 9 nitrogen and oxygen atoms in total. The molecule has 59 heavy (non-hydrogen) atoms. The Morgan fingerprint density at radius 3 is 1.20 bits per heavy atom. The highest BCUT2D eigenvalue weighted by Gasteiger charge is 2.44. The maximum Gasteiger partial charge on any atom is 0.220 e. The van der Waals surface area contributed by atoms with Crippen LogP contribution in [-0.2, 0) is 14.3 Å². The molecule has 9 heteroatoms. The number of unbranched alkanes of at least 4 members (excludes halogenated alkanes) is 34. The number of nitrogens with one attached hydrogen (secondary N) is 1. The van der Waals surface area contributed by atoms with Gasteiger partial charge < -0.3 is 40.3 Å². The minimum Gasteiger partial charge on any atom is -0.394 e. The summed E-state index contributed by atoms with van der Waals surface area (Å²) in [6.45, 7) is 3.84. The van der Waals surface area contributed by atoms with E-state index in [2.05, 4.69) is 19.2 Å². The molecule has 2 unspecified atom stereocenters. The second-order valence-electron chi connectivity index (χ2n) is 18.3. The Kier molecular flexibility index (Phi) is 39.3. The van der Waals surface area contributed by atoms with E-state index in [0.717, 1.165) is 38.5 Å². The van der Waals surface area contributed by atoms with E-state index in [4.69, 9.17) is 9.47 Å². The molecule has 352 valence electrons. The minimum absolute atomic E-state index is 0.132. The lowest BCUT2D eigenvalue weighted by atomic mass is 9.99. The first-order valence-corrected chi connectivity index (χ1v) is 25.7. The number of amides is 1. The zero-order valence-corrected chi connectivity index (χ0v) is 38.8. The Bertz CT molecular complexity index is 893. The molecule has 7 atom stereocenters. The normalized spacial score (nSPS) is 20.6. The van der Waals surface area contributed by atoms with Gasteiger partial charge in [0.1, 0.15) is 24.4 Å². The van der Waals surface area contributed by atoms with Crippen LogP contribution in [0.4, 0.5) is 0 Å². The number of ether oxygens (including phenoxy) is 2. The molecule has 1 fully saturated rings. The van der Waals surface area contributed by atoms with Gasteiger partial charge in [0.15, 0.2) is 6.29 Å². The Balaban J connectivity index is 2.14. The van der Waals surface area contributed by atoms with Crippen molar-refractivity contribution in [1.29, 1.82) is 0 Å². The van der Waals surface area contributed by atoms with E-state index >= 15 is 0 Å². The standard InChI is InChI=1S/C50H99NO8/c1-3-5-7-9-11-13-15-16-17-18-19-20-21-22-23-24-25-26-27-28-29-30-32-34-36-38-40-46(54)51-43(42-58-50-49(57)48(56)47(55)45(41-52)59-50)44(53)39-37-35-33-31-14-12-10-8-6-4-2/h43-45,47-50,52-53,55-57H,3-42H2,1-2H3,(H,51,54)/t43-,44+,45+,47-,48?,49?,50+/m0/s1. The molecule has 1 heterocycles. The van der Waals surface area contributed by atoms with Crippen molar-refractivity contribution in [2.45, 2.75) is 301 Å². The third kappa shape index (κ3) is 31.6. The van der Waals surface area contributed by atoms with Crippen molar-refractivity contribution < 1.29 is 39.8 Å². The van der Waals surface area contributed by atoms with Gasteiger partial charge in [-0.15, -0.1) is 0 Å². The molecule has 0 aromatic rings. The van der Waals surface area contributed by atoms with E-state index in [0.29, 0.717) is 12.8 Å². The van der Waals surface area contributed by atoms with Crippen LogP contribution in [0.25, 0.3) is 0 Å². The number of hydrogen-bond donors (Lipinski definition) is 6. The highest BCUT2D eigenvalue weighted by atomic mass is 16.7. The van der Waals surface area contributed by atoms with Gasteiger partial charge in [0.05, 0.1) is 25.4 Å². The van der Waals surface area contributed by atoms with Crippen molar-refractivity contribution in [2.75, 3.05) is 13.2 Å². The predicted molar refractivity (Wildman–Crippen MR) is 244 cm³/mol. The highest BCUT2D eigenvalue weighted by molar-refractivity contribution is 5.76. The predicted octanol–water partition coefficient (Wildman–Crippen LogP) is 11.5. The fourth-order valence-corrected chi connectivity index (χ4v) is 8.58. The lowest BCUT2D eigenvalue weighted by molar-refractivity contribution is -0.302. The molecule has 0 aromatic carbocycles. The average Bonchev–Trinajstić information content (AvgIpc) is 3.23. The van der Waals surface area contributed by atoms with Gasteiger partial charge in [-0.3, -0.25) is 4.79 Å². The molecule has 0 aliphatic carbocycles. The summed E-state index contributed by atoms with van der Waals surface area (Å²) in [7, 11) is 0. The first-order chi connectivity index (χ1) is 28.8. The molecule has 0 spiro atoms. The van der Waals surface area contributed by atoms with Crippen molar-refractivity contribution in [1.82, 2.24) is 5.32 Å². The van der Waals surface area contributed by atoms with Crippen LogP contribution in [0.15, 0.2) is 0 Å². The summed E-state index contributed by atoms with van der Waals surface area (Å²) in [5.41, 5.74) is 0. The summed E-state index contributed by atoms with van der Waals surface area (Å²) in [5, 5.41) is 54.3. The van der Waals surface area contributed by atoms with Gasteiger partial charge in [-0.2, -0.15) is 0 Å². The van der Waals surface area contributed by atoms with Gasteiger partial charge in [0.25, 0.3) is 0 Å². The van der Waals surface area contributed by atoms with E-state index in [1.54, 1.807) is 0 Å². The second kappa shape index (κ2) is 41.2. The van der Waals surface area contributed by atoms with E-state index in [-0.39, 0.29) is 12.5 Å². The van der Waals surface area contributed by atoms with Crippen LogP contribution < -0.4 is 5.32 Å². The molecule has 1 saturated heterocycles. The second-order valence-corrected chi connectivity index (χ2v) is 18.3. The SMILES string of the molecule is CCCCCCCCCCCCCCCCCCCCCCCCCCCCC(=O)N[C@@H](CO[C@@H]1O[C@H](CO)[C@H](O)C(O)C1O)[C@H](O)CCCCCCCCCCCC. The number of carbonyl (C=O) groups is 1. The van der Waals surface area contributed by atoms with Crippen molar-refractivity contribution in [3.8, 4) is 0 Å². The molecule has 0 saturated carbocycles. The maximum atomic E-state index is 13.0. The molecule has 1 rings (SSSR count). The number of hydrogen-bond acceptors (Lipinski definition) is 8. The first-order valence-electron chi connectivity index (χ1n) is 25.7. The Labute approximate surface area is 364 Å². The Morgan fingerprint density at radius 2 is 0.847 bits per heavy atom. The summed E-state index contributed by atoms with van der Waals surface area (Å²) >= 11 is 0. The van der Waals surface area contributed by atoms with Gasteiger partial charge in [0, 0.05) is 6.42 Å². The molecule has 1 aliphatic heterocycles. The van der Waals surface area contributed by atoms with Crippen LogP contribution >= 0.6 is 0 Å². The average molecular weight is 842 g/mol. The third-order valence-corrected chi connectivity index (χ3v) is 12.7. The molecule has 6 N–H and O–H groups in total. The minimum atomic E-state index is -1.55. The van der Waals surface area contributed by atoms with Crippen LogP contribution in [0.1, 0.15) is 258 Å². The summed E-state index contributed by atoms with van der Waals surface area (Å²) in [5.74, 6) is -0.140. The quantitative estimate of drug-likeness (QED) is 0.0332. The number of aliphatic hydroxyl groups is 5.